The lowest BCUT2D eigenvalue weighted by Gasteiger charge is -2.13. The van der Waals surface area contributed by atoms with E-state index in [0.717, 1.165) is 6.42 Å². The Labute approximate surface area is 131 Å². The molecule has 0 bridgehead atoms. The summed E-state index contributed by atoms with van der Waals surface area (Å²) in [5.74, 6) is 0.0303. The lowest BCUT2D eigenvalue weighted by molar-refractivity contribution is -0.385. The molecule has 0 radical (unpaired) electrons. The minimum atomic E-state index is -0.611. The van der Waals surface area contributed by atoms with E-state index in [2.05, 4.69) is 35.1 Å². The fourth-order valence-electron chi connectivity index (χ4n) is 1.74. The molecule has 0 spiro atoms. The lowest BCUT2D eigenvalue weighted by atomic mass is 10.1. The summed E-state index contributed by atoms with van der Waals surface area (Å²) >= 11 is 9.18. The summed E-state index contributed by atoms with van der Waals surface area (Å²) in [4.78, 5) is 22.4. The van der Waals surface area contributed by atoms with Crippen molar-refractivity contribution in [1.29, 1.82) is 0 Å². The van der Waals surface area contributed by atoms with Crippen molar-refractivity contribution >= 4 is 39.1 Å². The van der Waals surface area contributed by atoms with Crippen LogP contribution in [0.2, 0.25) is 5.02 Å². The van der Waals surface area contributed by atoms with Crippen LogP contribution in [-0.4, -0.2) is 22.2 Å². The molecule has 1 unspecified atom stereocenters. The average Bonchev–Trinajstić information content (AvgIpc) is 2.35. The Balaban J connectivity index is 2.75. The number of halogens is 2. The Morgan fingerprint density at radius 3 is 2.70 bits per heavy atom. The van der Waals surface area contributed by atoms with Crippen molar-refractivity contribution in [1.82, 2.24) is 5.32 Å². The summed E-state index contributed by atoms with van der Waals surface area (Å²) in [5.41, 5.74) is -0.270. The number of alkyl halides is 1. The fourth-order valence-corrected chi connectivity index (χ4v) is 2.82. The van der Waals surface area contributed by atoms with Gasteiger partial charge in [0.2, 0.25) is 0 Å². The van der Waals surface area contributed by atoms with E-state index >= 15 is 0 Å². The molecule has 110 valence electrons. The van der Waals surface area contributed by atoms with Crippen LogP contribution in [0, 0.1) is 16.0 Å². The number of nitrogens with zero attached hydrogens (tertiary/aromatic N) is 1. The van der Waals surface area contributed by atoms with E-state index in [1.165, 1.54) is 18.2 Å². The summed E-state index contributed by atoms with van der Waals surface area (Å²) in [6.45, 7) is 4.58. The molecule has 7 heteroatoms. The van der Waals surface area contributed by atoms with Crippen LogP contribution in [0.25, 0.3) is 0 Å². The number of benzene rings is 1. The highest BCUT2D eigenvalue weighted by molar-refractivity contribution is 9.09. The zero-order valence-electron chi connectivity index (χ0n) is 11.2. The van der Waals surface area contributed by atoms with Gasteiger partial charge in [-0.1, -0.05) is 41.4 Å². The zero-order chi connectivity index (χ0) is 15.3. The maximum absolute atomic E-state index is 12.0. The van der Waals surface area contributed by atoms with E-state index in [0.29, 0.717) is 12.5 Å². The van der Waals surface area contributed by atoms with Crippen LogP contribution in [-0.2, 0) is 0 Å². The number of rotatable bonds is 6. The van der Waals surface area contributed by atoms with Crippen molar-refractivity contribution in [3.63, 3.8) is 0 Å². The van der Waals surface area contributed by atoms with Crippen LogP contribution in [0.4, 0.5) is 5.69 Å². The standard InChI is InChI=1S/C13H16BrClN2O3/c1-8(2)5-9(14)7-16-13(18)11-4-3-10(15)6-12(11)17(19)20/h3-4,6,8-9H,5,7H2,1-2H3,(H,16,18). The lowest BCUT2D eigenvalue weighted by Crippen LogP contribution is -2.30. The van der Waals surface area contributed by atoms with Crippen LogP contribution in [0.5, 0.6) is 0 Å². The first kappa shape index (κ1) is 16.9. The molecule has 1 atom stereocenters. The number of nitro benzene ring substituents is 1. The first-order valence-electron chi connectivity index (χ1n) is 6.17. The van der Waals surface area contributed by atoms with Gasteiger partial charge in [-0.3, -0.25) is 14.9 Å². The molecular formula is C13H16BrClN2O3. The maximum atomic E-state index is 12.0. The molecule has 1 aromatic rings. The number of nitro groups is 1. The topological polar surface area (TPSA) is 72.2 Å². The molecule has 20 heavy (non-hydrogen) atoms. The molecule has 0 heterocycles. The van der Waals surface area contributed by atoms with Crippen molar-refractivity contribution in [2.75, 3.05) is 6.54 Å². The second-order valence-corrected chi connectivity index (χ2v) is 6.59. The highest BCUT2D eigenvalue weighted by Crippen LogP contribution is 2.23. The summed E-state index contributed by atoms with van der Waals surface area (Å²) in [6.07, 6.45) is 0.906. The fraction of sp³-hybridized carbons (Fsp3) is 0.462. The minimum Gasteiger partial charge on any atom is -0.351 e. The largest absolute Gasteiger partial charge is 0.351 e. The summed E-state index contributed by atoms with van der Waals surface area (Å²) < 4.78 is 0. The number of hydrogen-bond donors (Lipinski definition) is 1. The predicted molar refractivity (Wildman–Crippen MR) is 82.6 cm³/mol. The van der Waals surface area contributed by atoms with Crippen LogP contribution >= 0.6 is 27.5 Å². The molecule has 0 saturated heterocycles. The van der Waals surface area contributed by atoms with E-state index in [9.17, 15) is 14.9 Å². The monoisotopic (exact) mass is 362 g/mol. The zero-order valence-corrected chi connectivity index (χ0v) is 13.6. The third-order valence-corrected chi connectivity index (χ3v) is 3.55. The summed E-state index contributed by atoms with van der Waals surface area (Å²) in [7, 11) is 0. The predicted octanol–water partition coefficient (Wildman–Crippen LogP) is 3.79. The summed E-state index contributed by atoms with van der Waals surface area (Å²) in [5, 5.41) is 13.8. The molecule has 0 aliphatic rings. The Morgan fingerprint density at radius 1 is 1.50 bits per heavy atom. The molecule has 5 nitrogen and oxygen atoms in total. The second kappa shape index (κ2) is 7.59. The van der Waals surface area contributed by atoms with Crippen LogP contribution < -0.4 is 5.32 Å². The van der Waals surface area contributed by atoms with Gasteiger partial charge in [0, 0.05) is 22.5 Å². The Kier molecular flexibility index (Phi) is 6.42. The SMILES string of the molecule is CC(C)CC(Br)CNC(=O)c1ccc(Cl)cc1[N+](=O)[O-]. The van der Waals surface area contributed by atoms with Crippen LogP contribution in [0.15, 0.2) is 18.2 Å². The third-order valence-electron chi connectivity index (χ3n) is 2.61. The Bertz CT molecular complexity index is 508. The second-order valence-electron chi connectivity index (χ2n) is 4.86. The molecule has 1 amide bonds. The van der Waals surface area contributed by atoms with Crippen molar-refractivity contribution in [3.05, 3.63) is 38.9 Å². The minimum absolute atomic E-state index is 0.0173. The first-order valence-corrected chi connectivity index (χ1v) is 7.46. The quantitative estimate of drug-likeness (QED) is 0.475. The number of hydrogen-bond acceptors (Lipinski definition) is 3. The van der Waals surface area contributed by atoms with Crippen molar-refractivity contribution in [2.24, 2.45) is 5.92 Å². The number of carbonyl (C=O) groups is 1. The molecule has 0 fully saturated rings. The third kappa shape index (κ3) is 5.09. The summed E-state index contributed by atoms with van der Waals surface area (Å²) in [6, 6.07) is 4.00. The van der Waals surface area contributed by atoms with E-state index in [-0.39, 0.29) is 21.1 Å². The van der Waals surface area contributed by atoms with Crippen molar-refractivity contribution in [3.8, 4) is 0 Å². The van der Waals surface area contributed by atoms with E-state index in [1.807, 2.05) is 0 Å². The van der Waals surface area contributed by atoms with Gasteiger partial charge in [0.25, 0.3) is 11.6 Å². The van der Waals surface area contributed by atoms with E-state index < -0.39 is 10.8 Å². The number of amides is 1. The Hall–Kier alpha value is -1.14. The maximum Gasteiger partial charge on any atom is 0.283 e. The Morgan fingerprint density at radius 2 is 2.15 bits per heavy atom. The number of carbonyl (C=O) groups excluding carboxylic acids is 1. The molecule has 0 aliphatic heterocycles. The number of nitrogens with one attached hydrogen (secondary N) is 1. The molecule has 1 N–H and O–H groups in total. The van der Waals surface area contributed by atoms with E-state index in [4.69, 9.17) is 11.6 Å². The normalized spacial score (nSPS) is 12.2. The van der Waals surface area contributed by atoms with Crippen LogP contribution in [0.3, 0.4) is 0 Å². The van der Waals surface area contributed by atoms with Crippen molar-refractivity contribution < 1.29 is 9.72 Å². The van der Waals surface area contributed by atoms with Gasteiger partial charge in [-0.05, 0) is 24.5 Å². The molecule has 0 aliphatic carbocycles. The van der Waals surface area contributed by atoms with Gasteiger partial charge in [-0.25, -0.2) is 0 Å². The smallest absolute Gasteiger partial charge is 0.283 e. The van der Waals surface area contributed by atoms with E-state index in [1.54, 1.807) is 0 Å². The van der Waals surface area contributed by atoms with Gasteiger partial charge >= 0.3 is 0 Å². The highest BCUT2D eigenvalue weighted by atomic mass is 79.9. The highest BCUT2D eigenvalue weighted by Gasteiger charge is 2.21. The molecule has 0 aromatic heterocycles. The van der Waals surface area contributed by atoms with Crippen molar-refractivity contribution in [2.45, 2.75) is 25.1 Å². The van der Waals surface area contributed by atoms with Gasteiger partial charge in [-0.15, -0.1) is 0 Å². The van der Waals surface area contributed by atoms with Crippen LogP contribution in [0.1, 0.15) is 30.6 Å². The van der Waals surface area contributed by atoms with Gasteiger partial charge in [-0.2, -0.15) is 0 Å². The van der Waals surface area contributed by atoms with Gasteiger partial charge in [0.1, 0.15) is 5.56 Å². The molecular weight excluding hydrogens is 348 g/mol. The van der Waals surface area contributed by atoms with Gasteiger partial charge in [0.05, 0.1) is 4.92 Å². The molecule has 1 aromatic carbocycles. The first-order chi connectivity index (χ1) is 9.31. The van der Waals surface area contributed by atoms with Gasteiger partial charge in [0.15, 0.2) is 0 Å². The average molecular weight is 364 g/mol. The molecule has 0 saturated carbocycles. The molecule has 1 rings (SSSR count). The van der Waals surface area contributed by atoms with Gasteiger partial charge < -0.3 is 5.32 Å².